The molecule has 1 unspecified atom stereocenters. The van der Waals surface area contributed by atoms with Crippen LogP contribution in [0.15, 0.2) is 47.0 Å². The third-order valence-corrected chi connectivity index (χ3v) is 3.95. The lowest BCUT2D eigenvalue weighted by molar-refractivity contribution is 0.361. The van der Waals surface area contributed by atoms with Crippen molar-refractivity contribution in [2.24, 2.45) is 0 Å². The topological polar surface area (TPSA) is 69.4 Å². The highest BCUT2D eigenvalue weighted by molar-refractivity contribution is 5.50. The Hall–Kier alpha value is -3.09. The predicted octanol–water partition coefficient (Wildman–Crippen LogP) is 5.31. The molecular weight excluding hydrogens is 349 g/mol. The molecule has 1 heterocycles. The molecule has 0 saturated heterocycles. The van der Waals surface area contributed by atoms with E-state index in [2.05, 4.69) is 15.5 Å². The quantitative estimate of drug-likeness (QED) is 0.607. The van der Waals surface area contributed by atoms with Crippen molar-refractivity contribution in [1.29, 1.82) is 0 Å². The molecule has 0 fully saturated rings. The summed E-state index contributed by atoms with van der Waals surface area (Å²) in [5, 5.41) is 7.09. The van der Waals surface area contributed by atoms with E-state index in [1.807, 2.05) is 26.8 Å². The van der Waals surface area contributed by atoms with Gasteiger partial charge in [-0.25, -0.2) is 4.39 Å². The minimum absolute atomic E-state index is 0.109. The molecule has 0 aliphatic carbocycles. The van der Waals surface area contributed by atoms with Crippen LogP contribution in [0, 0.1) is 5.82 Å². The SMILES string of the molecule is COc1ccccc1Oc1ccc(NC(C)c2nc(C(C)C)no2)cc1F. The highest BCUT2D eigenvalue weighted by Crippen LogP contribution is 2.33. The Morgan fingerprint density at radius 1 is 1.04 bits per heavy atom. The van der Waals surface area contributed by atoms with Gasteiger partial charge in [0.1, 0.15) is 6.04 Å². The third-order valence-electron chi connectivity index (χ3n) is 3.95. The van der Waals surface area contributed by atoms with Crippen LogP contribution >= 0.6 is 0 Å². The Balaban J connectivity index is 1.72. The molecule has 6 nitrogen and oxygen atoms in total. The number of hydrogen-bond donors (Lipinski definition) is 1. The number of aromatic nitrogens is 2. The smallest absolute Gasteiger partial charge is 0.248 e. The molecule has 0 radical (unpaired) electrons. The first-order valence-corrected chi connectivity index (χ1v) is 8.68. The fourth-order valence-corrected chi connectivity index (χ4v) is 2.46. The molecule has 3 aromatic rings. The lowest BCUT2D eigenvalue weighted by atomic mass is 10.2. The average Bonchev–Trinajstić information content (AvgIpc) is 3.15. The van der Waals surface area contributed by atoms with Crippen LogP contribution in [-0.4, -0.2) is 17.3 Å². The second-order valence-corrected chi connectivity index (χ2v) is 6.41. The number of nitrogens with zero attached hydrogens (tertiary/aromatic N) is 2. The summed E-state index contributed by atoms with van der Waals surface area (Å²) >= 11 is 0. The van der Waals surface area contributed by atoms with Crippen LogP contribution in [0.5, 0.6) is 17.2 Å². The fraction of sp³-hybridized carbons (Fsp3) is 0.300. The van der Waals surface area contributed by atoms with E-state index in [1.54, 1.807) is 30.3 Å². The molecule has 0 aliphatic rings. The normalized spacial score (nSPS) is 12.1. The lowest BCUT2D eigenvalue weighted by Crippen LogP contribution is -2.07. The van der Waals surface area contributed by atoms with Gasteiger partial charge in [0.15, 0.2) is 28.9 Å². The van der Waals surface area contributed by atoms with Crippen molar-refractivity contribution < 1.29 is 18.4 Å². The molecule has 142 valence electrons. The molecule has 0 saturated carbocycles. The van der Waals surface area contributed by atoms with Crippen LogP contribution in [-0.2, 0) is 0 Å². The summed E-state index contributed by atoms with van der Waals surface area (Å²) < 4.78 is 30.6. The number of para-hydroxylation sites is 2. The van der Waals surface area contributed by atoms with Gasteiger partial charge in [0.25, 0.3) is 0 Å². The van der Waals surface area contributed by atoms with Crippen molar-refractivity contribution in [1.82, 2.24) is 10.1 Å². The number of nitrogens with one attached hydrogen (secondary N) is 1. The average molecular weight is 371 g/mol. The van der Waals surface area contributed by atoms with Crippen LogP contribution in [0.2, 0.25) is 0 Å². The number of ether oxygens (including phenoxy) is 2. The standard InChI is InChI=1S/C20H22FN3O3/c1-12(2)19-23-20(27-24-19)13(3)22-14-9-10-16(15(21)11-14)26-18-8-6-5-7-17(18)25-4/h5-13,22H,1-4H3. The van der Waals surface area contributed by atoms with Crippen molar-refractivity contribution in [2.75, 3.05) is 12.4 Å². The molecule has 0 spiro atoms. The van der Waals surface area contributed by atoms with Gasteiger partial charge in [-0.1, -0.05) is 31.1 Å². The number of hydrogen-bond acceptors (Lipinski definition) is 6. The van der Waals surface area contributed by atoms with Crippen molar-refractivity contribution in [2.45, 2.75) is 32.7 Å². The van der Waals surface area contributed by atoms with E-state index in [1.165, 1.54) is 13.2 Å². The Kier molecular flexibility index (Phi) is 5.59. The Bertz CT molecular complexity index is 911. The summed E-state index contributed by atoms with van der Waals surface area (Å²) in [5.41, 5.74) is 0.580. The van der Waals surface area contributed by atoms with Gasteiger partial charge >= 0.3 is 0 Å². The first kappa shape index (κ1) is 18.7. The van der Waals surface area contributed by atoms with E-state index in [0.717, 1.165) is 0 Å². The zero-order valence-corrected chi connectivity index (χ0v) is 15.7. The monoisotopic (exact) mass is 371 g/mol. The first-order valence-electron chi connectivity index (χ1n) is 8.68. The van der Waals surface area contributed by atoms with Gasteiger partial charge in [-0.05, 0) is 31.2 Å². The highest BCUT2D eigenvalue weighted by atomic mass is 19.1. The van der Waals surface area contributed by atoms with Crippen LogP contribution in [0.25, 0.3) is 0 Å². The maximum Gasteiger partial charge on any atom is 0.248 e. The van der Waals surface area contributed by atoms with E-state index in [0.29, 0.717) is 28.9 Å². The van der Waals surface area contributed by atoms with Gasteiger partial charge in [0.2, 0.25) is 5.89 Å². The Morgan fingerprint density at radius 3 is 2.41 bits per heavy atom. The van der Waals surface area contributed by atoms with Crippen LogP contribution in [0.3, 0.4) is 0 Å². The van der Waals surface area contributed by atoms with Crippen molar-refractivity contribution >= 4 is 5.69 Å². The minimum Gasteiger partial charge on any atom is -0.493 e. The molecule has 3 rings (SSSR count). The lowest BCUT2D eigenvalue weighted by Gasteiger charge is -2.14. The maximum atomic E-state index is 14.5. The molecular formula is C20H22FN3O3. The van der Waals surface area contributed by atoms with Crippen LogP contribution in [0.4, 0.5) is 10.1 Å². The second-order valence-electron chi connectivity index (χ2n) is 6.41. The van der Waals surface area contributed by atoms with Gasteiger partial charge < -0.3 is 19.3 Å². The number of rotatable bonds is 7. The maximum absolute atomic E-state index is 14.5. The summed E-state index contributed by atoms with van der Waals surface area (Å²) in [4.78, 5) is 4.35. The first-order chi connectivity index (χ1) is 13.0. The van der Waals surface area contributed by atoms with Crippen LogP contribution in [0.1, 0.15) is 44.4 Å². The summed E-state index contributed by atoms with van der Waals surface area (Å²) in [6.07, 6.45) is 0. The zero-order valence-electron chi connectivity index (χ0n) is 15.7. The Labute approximate surface area is 157 Å². The fourth-order valence-electron chi connectivity index (χ4n) is 2.46. The van der Waals surface area contributed by atoms with Crippen molar-refractivity contribution in [3.8, 4) is 17.2 Å². The summed E-state index contributed by atoms with van der Waals surface area (Å²) in [6.45, 7) is 5.85. The molecule has 7 heteroatoms. The van der Waals surface area contributed by atoms with E-state index in [4.69, 9.17) is 14.0 Å². The summed E-state index contributed by atoms with van der Waals surface area (Å²) in [7, 11) is 1.54. The van der Waals surface area contributed by atoms with Crippen molar-refractivity contribution in [3.63, 3.8) is 0 Å². The minimum atomic E-state index is -0.494. The molecule has 2 aromatic carbocycles. The number of halogens is 1. The number of anilines is 1. The second kappa shape index (κ2) is 8.07. The van der Waals surface area contributed by atoms with Crippen molar-refractivity contribution in [3.05, 3.63) is 60.0 Å². The molecule has 1 N–H and O–H groups in total. The van der Waals surface area contributed by atoms with Gasteiger partial charge in [-0.2, -0.15) is 4.98 Å². The van der Waals surface area contributed by atoms with Crippen LogP contribution < -0.4 is 14.8 Å². The third kappa shape index (κ3) is 4.36. The Morgan fingerprint density at radius 2 is 1.78 bits per heavy atom. The molecule has 1 aromatic heterocycles. The molecule has 1 atom stereocenters. The van der Waals surface area contributed by atoms with Gasteiger partial charge in [0.05, 0.1) is 7.11 Å². The molecule has 0 bridgehead atoms. The molecule has 0 aliphatic heterocycles. The van der Waals surface area contributed by atoms with E-state index in [-0.39, 0.29) is 17.7 Å². The summed E-state index contributed by atoms with van der Waals surface area (Å²) in [5.74, 6) is 1.87. The summed E-state index contributed by atoms with van der Waals surface area (Å²) in [6, 6.07) is 11.5. The number of methoxy groups -OCH3 is 1. The predicted molar refractivity (Wildman–Crippen MR) is 99.9 cm³/mol. The largest absolute Gasteiger partial charge is 0.493 e. The zero-order chi connectivity index (χ0) is 19.4. The van der Waals surface area contributed by atoms with E-state index < -0.39 is 5.82 Å². The number of benzene rings is 2. The van der Waals surface area contributed by atoms with E-state index >= 15 is 0 Å². The molecule has 0 amide bonds. The van der Waals surface area contributed by atoms with Gasteiger partial charge in [-0.3, -0.25) is 0 Å². The van der Waals surface area contributed by atoms with Gasteiger partial charge in [-0.15, -0.1) is 0 Å². The molecule has 27 heavy (non-hydrogen) atoms. The van der Waals surface area contributed by atoms with Gasteiger partial charge in [0, 0.05) is 17.7 Å². The van der Waals surface area contributed by atoms with E-state index in [9.17, 15) is 4.39 Å². The highest BCUT2D eigenvalue weighted by Gasteiger charge is 2.17.